The first-order valence-electron chi connectivity index (χ1n) is 6.22. The number of nitrogens with zero attached hydrogens (tertiary/aromatic N) is 1. The van der Waals surface area contributed by atoms with Crippen LogP contribution in [0.5, 0.6) is 0 Å². The topological polar surface area (TPSA) is 15.3 Å². The highest BCUT2D eigenvalue weighted by atomic mass is 35.5. The molecule has 0 aliphatic rings. The molecule has 3 heteroatoms. The molecule has 0 spiro atoms. The average Bonchev–Trinajstić information content (AvgIpc) is 2.40. The molecule has 0 aromatic heterocycles. The van der Waals surface area contributed by atoms with Crippen LogP contribution in [-0.4, -0.2) is 21.1 Å². The van der Waals surface area contributed by atoms with Crippen LogP contribution < -0.4 is 10.2 Å². The number of nitrogens with one attached hydrogen (secondary N) is 1. The van der Waals surface area contributed by atoms with Crippen molar-refractivity contribution in [2.75, 3.05) is 31.4 Å². The first-order chi connectivity index (χ1) is 8.69. The monoisotopic (exact) mass is 276 g/mol. The van der Waals surface area contributed by atoms with E-state index in [0.29, 0.717) is 0 Å². The van der Waals surface area contributed by atoms with Gasteiger partial charge in [0.2, 0.25) is 0 Å². The molecule has 0 heterocycles. The van der Waals surface area contributed by atoms with E-state index in [1.165, 1.54) is 16.8 Å². The van der Waals surface area contributed by atoms with Gasteiger partial charge < -0.3 is 10.2 Å². The summed E-state index contributed by atoms with van der Waals surface area (Å²) in [6.07, 6.45) is 0.984. The largest absolute Gasteiger partial charge is 0.388 e. The fourth-order valence-corrected chi connectivity index (χ4v) is 1.94. The lowest BCUT2D eigenvalue weighted by atomic mass is 10.0. The van der Waals surface area contributed by atoms with Crippen LogP contribution in [-0.2, 0) is 6.42 Å². The van der Waals surface area contributed by atoms with Crippen LogP contribution in [0.4, 0.5) is 11.4 Å². The molecule has 0 fully saturated rings. The minimum Gasteiger partial charge on any atom is -0.388 e. The number of anilines is 2. The van der Waals surface area contributed by atoms with Gasteiger partial charge in [-0.3, -0.25) is 0 Å². The Morgan fingerprint density at radius 2 is 1.32 bits per heavy atom. The van der Waals surface area contributed by atoms with E-state index >= 15 is 0 Å². The van der Waals surface area contributed by atoms with Gasteiger partial charge in [0.1, 0.15) is 0 Å². The number of halogens is 1. The van der Waals surface area contributed by atoms with Crippen molar-refractivity contribution in [1.29, 1.82) is 0 Å². The number of hydrogen-bond donors (Lipinski definition) is 1. The van der Waals surface area contributed by atoms with Crippen LogP contribution in [0.25, 0.3) is 0 Å². The number of rotatable bonds is 4. The van der Waals surface area contributed by atoms with Crippen LogP contribution in [0.1, 0.15) is 11.1 Å². The highest BCUT2D eigenvalue weighted by Crippen LogP contribution is 2.16. The van der Waals surface area contributed by atoms with Gasteiger partial charge in [-0.25, -0.2) is 0 Å². The summed E-state index contributed by atoms with van der Waals surface area (Å²) in [5.74, 6) is 0. The lowest BCUT2D eigenvalue weighted by Gasteiger charge is -2.12. The Balaban J connectivity index is 0.00000180. The van der Waals surface area contributed by atoms with E-state index in [9.17, 15) is 0 Å². The molecule has 2 aromatic carbocycles. The van der Waals surface area contributed by atoms with Crippen LogP contribution in [0.3, 0.4) is 0 Å². The molecule has 0 radical (unpaired) electrons. The van der Waals surface area contributed by atoms with Gasteiger partial charge in [0.15, 0.2) is 0 Å². The molecule has 0 atom stereocenters. The van der Waals surface area contributed by atoms with Crippen molar-refractivity contribution in [2.45, 2.75) is 6.42 Å². The van der Waals surface area contributed by atoms with Crippen LogP contribution in [0, 0.1) is 0 Å². The third kappa shape index (κ3) is 4.18. The Morgan fingerprint density at radius 3 is 1.74 bits per heavy atom. The Hall–Kier alpha value is -1.67. The molecule has 0 unspecified atom stereocenters. The second-order valence-electron chi connectivity index (χ2n) is 4.68. The number of benzene rings is 2. The standard InChI is InChI=1S/C16H20N2.ClH/c1-17-15-8-4-13(5-9-15)12-14-6-10-16(11-7-14)18(2)3;/h4-11,17H,12H2,1-3H3;1H. The van der Waals surface area contributed by atoms with Gasteiger partial charge in [-0.1, -0.05) is 24.3 Å². The van der Waals surface area contributed by atoms with Gasteiger partial charge in [-0.05, 0) is 41.8 Å². The molecule has 0 aliphatic heterocycles. The number of hydrogen-bond acceptors (Lipinski definition) is 2. The van der Waals surface area contributed by atoms with E-state index < -0.39 is 0 Å². The van der Waals surface area contributed by atoms with Gasteiger partial charge in [-0.2, -0.15) is 0 Å². The Bertz CT molecular complexity index is 489. The van der Waals surface area contributed by atoms with Crippen molar-refractivity contribution in [3.63, 3.8) is 0 Å². The quantitative estimate of drug-likeness (QED) is 0.914. The van der Waals surface area contributed by atoms with Crippen molar-refractivity contribution in [3.8, 4) is 0 Å². The third-order valence-corrected chi connectivity index (χ3v) is 3.10. The lowest BCUT2D eigenvalue weighted by molar-refractivity contribution is 1.12. The molecule has 19 heavy (non-hydrogen) atoms. The van der Waals surface area contributed by atoms with Crippen LogP contribution in [0.2, 0.25) is 0 Å². The zero-order valence-electron chi connectivity index (χ0n) is 11.7. The molecule has 0 amide bonds. The lowest BCUT2D eigenvalue weighted by Crippen LogP contribution is -2.08. The highest BCUT2D eigenvalue weighted by molar-refractivity contribution is 5.85. The fraction of sp³-hybridized carbons (Fsp3) is 0.250. The molecular formula is C16H21ClN2. The summed E-state index contributed by atoms with van der Waals surface area (Å²) in [5, 5.41) is 3.13. The third-order valence-electron chi connectivity index (χ3n) is 3.10. The Morgan fingerprint density at radius 1 is 0.842 bits per heavy atom. The fourth-order valence-electron chi connectivity index (χ4n) is 1.94. The van der Waals surface area contributed by atoms with E-state index in [1.807, 2.05) is 7.05 Å². The van der Waals surface area contributed by atoms with E-state index in [-0.39, 0.29) is 12.4 Å². The van der Waals surface area contributed by atoms with Crippen molar-refractivity contribution < 1.29 is 0 Å². The smallest absolute Gasteiger partial charge is 0.0361 e. The Labute approximate surface area is 121 Å². The molecule has 102 valence electrons. The summed E-state index contributed by atoms with van der Waals surface area (Å²) in [4.78, 5) is 2.12. The van der Waals surface area contributed by atoms with Gasteiger partial charge in [0.25, 0.3) is 0 Å². The average molecular weight is 277 g/mol. The first kappa shape index (κ1) is 15.4. The molecule has 0 saturated carbocycles. The minimum atomic E-state index is 0. The van der Waals surface area contributed by atoms with Gasteiger partial charge in [-0.15, -0.1) is 12.4 Å². The minimum absolute atomic E-state index is 0. The normalized spacial score (nSPS) is 9.63. The SMILES string of the molecule is CNc1ccc(Cc2ccc(N(C)C)cc2)cc1.Cl. The van der Waals surface area contributed by atoms with Crippen molar-refractivity contribution in [1.82, 2.24) is 0 Å². The predicted octanol–water partition coefficient (Wildman–Crippen LogP) is 3.81. The highest BCUT2D eigenvalue weighted by Gasteiger charge is 1.98. The van der Waals surface area contributed by atoms with Gasteiger partial charge in [0.05, 0.1) is 0 Å². The molecule has 2 nitrogen and oxygen atoms in total. The van der Waals surface area contributed by atoms with Crippen LogP contribution >= 0.6 is 12.4 Å². The molecule has 2 rings (SSSR count). The first-order valence-corrected chi connectivity index (χ1v) is 6.22. The van der Waals surface area contributed by atoms with E-state index in [1.54, 1.807) is 0 Å². The second-order valence-corrected chi connectivity index (χ2v) is 4.68. The summed E-state index contributed by atoms with van der Waals surface area (Å²) < 4.78 is 0. The van der Waals surface area contributed by atoms with Gasteiger partial charge in [0, 0.05) is 32.5 Å². The molecule has 2 aromatic rings. The zero-order chi connectivity index (χ0) is 13.0. The summed E-state index contributed by atoms with van der Waals surface area (Å²) >= 11 is 0. The second kappa shape index (κ2) is 7.05. The molecule has 0 bridgehead atoms. The molecular weight excluding hydrogens is 256 g/mol. The van der Waals surface area contributed by atoms with E-state index in [0.717, 1.165) is 12.1 Å². The van der Waals surface area contributed by atoms with Gasteiger partial charge >= 0.3 is 0 Å². The maximum atomic E-state index is 3.13. The van der Waals surface area contributed by atoms with Crippen molar-refractivity contribution >= 4 is 23.8 Å². The van der Waals surface area contributed by atoms with Crippen molar-refractivity contribution in [2.24, 2.45) is 0 Å². The molecule has 1 N–H and O–H groups in total. The van der Waals surface area contributed by atoms with Crippen molar-refractivity contribution in [3.05, 3.63) is 59.7 Å². The van der Waals surface area contributed by atoms with E-state index in [2.05, 4.69) is 72.8 Å². The molecule has 0 aliphatic carbocycles. The summed E-state index contributed by atoms with van der Waals surface area (Å²) in [6.45, 7) is 0. The summed E-state index contributed by atoms with van der Waals surface area (Å²) in [6, 6.07) is 17.3. The zero-order valence-corrected chi connectivity index (χ0v) is 12.5. The molecule has 0 saturated heterocycles. The van der Waals surface area contributed by atoms with E-state index in [4.69, 9.17) is 0 Å². The maximum absolute atomic E-state index is 3.13. The summed E-state index contributed by atoms with van der Waals surface area (Å²) in [5.41, 5.74) is 5.08. The van der Waals surface area contributed by atoms with Crippen LogP contribution in [0.15, 0.2) is 48.5 Å². The summed E-state index contributed by atoms with van der Waals surface area (Å²) in [7, 11) is 6.06. The maximum Gasteiger partial charge on any atom is 0.0361 e. The Kier molecular flexibility index (Phi) is 5.71. The predicted molar refractivity (Wildman–Crippen MR) is 86.8 cm³/mol.